The summed E-state index contributed by atoms with van der Waals surface area (Å²) in [6.45, 7) is 5.41. The van der Waals surface area contributed by atoms with Gasteiger partial charge in [-0.25, -0.2) is 0 Å². The van der Waals surface area contributed by atoms with Gasteiger partial charge in [-0.05, 0) is 31.7 Å². The lowest BCUT2D eigenvalue weighted by Crippen LogP contribution is -2.57. The summed E-state index contributed by atoms with van der Waals surface area (Å²) in [7, 11) is 2.04. The zero-order valence-corrected chi connectivity index (χ0v) is 8.56. The summed E-state index contributed by atoms with van der Waals surface area (Å²) < 4.78 is 0. The van der Waals surface area contributed by atoms with E-state index in [0.29, 0.717) is 0 Å². The molecular weight excluding hydrogens is 148 g/mol. The fourth-order valence-corrected chi connectivity index (χ4v) is 2.47. The topological polar surface area (TPSA) is 38.0 Å². The standard InChI is InChI=1S/C10H22N2/c1-8-4-5-9(2)10(6-8,7-11)12-3/h8-9,12H,4-7,11H2,1-3H3. The van der Waals surface area contributed by atoms with Crippen molar-refractivity contribution in [3.8, 4) is 0 Å². The second-order valence-corrected chi connectivity index (χ2v) is 4.40. The molecule has 0 spiro atoms. The highest BCUT2D eigenvalue weighted by molar-refractivity contribution is 4.96. The minimum atomic E-state index is 0.220. The lowest BCUT2D eigenvalue weighted by Gasteiger charge is -2.44. The Balaban J connectivity index is 2.68. The first kappa shape index (κ1) is 10.0. The number of hydrogen-bond acceptors (Lipinski definition) is 2. The minimum absolute atomic E-state index is 0.220. The summed E-state index contributed by atoms with van der Waals surface area (Å²) >= 11 is 0. The van der Waals surface area contributed by atoms with E-state index in [9.17, 15) is 0 Å². The van der Waals surface area contributed by atoms with E-state index >= 15 is 0 Å². The van der Waals surface area contributed by atoms with Crippen LogP contribution in [0.5, 0.6) is 0 Å². The molecule has 2 nitrogen and oxygen atoms in total. The molecule has 1 fully saturated rings. The highest BCUT2D eigenvalue weighted by Gasteiger charge is 2.37. The molecule has 1 aliphatic carbocycles. The first-order valence-electron chi connectivity index (χ1n) is 5.03. The predicted octanol–water partition coefficient (Wildman–Crippen LogP) is 1.36. The van der Waals surface area contributed by atoms with E-state index in [1.165, 1.54) is 19.3 Å². The lowest BCUT2D eigenvalue weighted by molar-refractivity contribution is 0.135. The van der Waals surface area contributed by atoms with E-state index in [-0.39, 0.29) is 5.54 Å². The molecule has 0 radical (unpaired) electrons. The molecule has 3 N–H and O–H groups in total. The van der Waals surface area contributed by atoms with Gasteiger partial charge in [-0.15, -0.1) is 0 Å². The van der Waals surface area contributed by atoms with Gasteiger partial charge >= 0.3 is 0 Å². The second kappa shape index (κ2) is 3.75. The molecule has 0 saturated heterocycles. The molecule has 0 bridgehead atoms. The van der Waals surface area contributed by atoms with Gasteiger partial charge in [-0.3, -0.25) is 0 Å². The molecule has 1 rings (SSSR count). The number of likely N-dealkylation sites (N-methyl/N-ethyl adjacent to an activating group) is 1. The largest absolute Gasteiger partial charge is 0.329 e. The second-order valence-electron chi connectivity index (χ2n) is 4.40. The normalized spacial score (nSPS) is 43.0. The SMILES string of the molecule is CNC1(CN)CC(C)CCC1C. The Morgan fingerprint density at radius 1 is 1.42 bits per heavy atom. The molecule has 1 saturated carbocycles. The Hall–Kier alpha value is -0.0800. The smallest absolute Gasteiger partial charge is 0.0329 e. The maximum absolute atomic E-state index is 5.84. The maximum Gasteiger partial charge on any atom is 0.0329 e. The molecule has 3 unspecified atom stereocenters. The van der Waals surface area contributed by atoms with Crippen molar-refractivity contribution >= 4 is 0 Å². The Kier molecular flexibility index (Phi) is 3.13. The molecule has 0 heterocycles. The van der Waals surface area contributed by atoms with Crippen molar-refractivity contribution in [1.82, 2.24) is 5.32 Å². The average Bonchev–Trinajstić information content (AvgIpc) is 2.09. The third-order valence-corrected chi connectivity index (χ3v) is 3.61. The van der Waals surface area contributed by atoms with Gasteiger partial charge in [0, 0.05) is 12.1 Å². The summed E-state index contributed by atoms with van der Waals surface area (Å²) in [5.74, 6) is 1.56. The molecule has 0 aliphatic heterocycles. The van der Waals surface area contributed by atoms with Crippen molar-refractivity contribution in [2.75, 3.05) is 13.6 Å². The monoisotopic (exact) mass is 170 g/mol. The molecule has 72 valence electrons. The van der Waals surface area contributed by atoms with E-state index in [0.717, 1.165) is 18.4 Å². The first-order valence-corrected chi connectivity index (χ1v) is 5.03. The molecule has 0 amide bonds. The summed E-state index contributed by atoms with van der Waals surface area (Å²) in [6, 6.07) is 0. The van der Waals surface area contributed by atoms with Gasteiger partial charge in [-0.2, -0.15) is 0 Å². The van der Waals surface area contributed by atoms with E-state index < -0.39 is 0 Å². The van der Waals surface area contributed by atoms with Crippen LogP contribution in [0, 0.1) is 11.8 Å². The van der Waals surface area contributed by atoms with Gasteiger partial charge in [0.05, 0.1) is 0 Å². The molecule has 3 atom stereocenters. The molecule has 0 aromatic rings. The van der Waals surface area contributed by atoms with Crippen molar-refractivity contribution in [2.45, 2.75) is 38.6 Å². The molecular formula is C10H22N2. The average molecular weight is 170 g/mol. The van der Waals surface area contributed by atoms with Gasteiger partial charge < -0.3 is 11.1 Å². The van der Waals surface area contributed by atoms with Crippen LogP contribution in [0.2, 0.25) is 0 Å². The number of nitrogens with two attached hydrogens (primary N) is 1. The van der Waals surface area contributed by atoms with Crippen LogP contribution < -0.4 is 11.1 Å². The van der Waals surface area contributed by atoms with E-state index in [1.807, 2.05) is 7.05 Å². The van der Waals surface area contributed by atoms with E-state index in [1.54, 1.807) is 0 Å². The van der Waals surface area contributed by atoms with Crippen LogP contribution in [0.1, 0.15) is 33.1 Å². The van der Waals surface area contributed by atoms with Gasteiger partial charge in [-0.1, -0.05) is 20.3 Å². The Morgan fingerprint density at radius 3 is 2.50 bits per heavy atom. The number of nitrogens with one attached hydrogen (secondary N) is 1. The van der Waals surface area contributed by atoms with Gasteiger partial charge in [0.1, 0.15) is 0 Å². The third kappa shape index (κ3) is 1.64. The third-order valence-electron chi connectivity index (χ3n) is 3.61. The van der Waals surface area contributed by atoms with E-state index in [2.05, 4.69) is 19.2 Å². The van der Waals surface area contributed by atoms with Crippen LogP contribution >= 0.6 is 0 Å². The summed E-state index contributed by atoms with van der Waals surface area (Å²) in [5, 5.41) is 3.42. The lowest BCUT2D eigenvalue weighted by atomic mass is 9.70. The van der Waals surface area contributed by atoms with Crippen molar-refractivity contribution in [3.63, 3.8) is 0 Å². The summed E-state index contributed by atoms with van der Waals surface area (Å²) in [6.07, 6.45) is 3.92. The predicted molar refractivity (Wildman–Crippen MR) is 53.0 cm³/mol. The summed E-state index contributed by atoms with van der Waals surface area (Å²) in [5.41, 5.74) is 6.06. The Labute approximate surface area is 75.9 Å². The fraction of sp³-hybridized carbons (Fsp3) is 1.00. The zero-order valence-electron chi connectivity index (χ0n) is 8.56. The van der Waals surface area contributed by atoms with Crippen LogP contribution in [-0.4, -0.2) is 19.1 Å². The van der Waals surface area contributed by atoms with Crippen LogP contribution in [-0.2, 0) is 0 Å². The Morgan fingerprint density at radius 2 is 2.08 bits per heavy atom. The van der Waals surface area contributed by atoms with Crippen LogP contribution in [0.25, 0.3) is 0 Å². The molecule has 0 aromatic carbocycles. The van der Waals surface area contributed by atoms with Crippen molar-refractivity contribution < 1.29 is 0 Å². The highest BCUT2D eigenvalue weighted by Crippen LogP contribution is 2.35. The maximum atomic E-state index is 5.84. The van der Waals surface area contributed by atoms with Crippen molar-refractivity contribution in [3.05, 3.63) is 0 Å². The molecule has 2 heteroatoms. The summed E-state index contributed by atoms with van der Waals surface area (Å²) in [4.78, 5) is 0. The van der Waals surface area contributed by atoms with Gasteiger partial charge in [0.25, 0.3) is 0 Å². The molecule has 12 heavy (non-hydrogen) atoms. The zero-order chi connectivity index (χ0) is 9.19. The fourth-order valence-electron chi connectivity index (χ4n) is 2.47. The quantitative estimate of drug-likeness (QED) is 0.656. The van der Waals surface area contributed by atoms with Crippen LogP contribution in [0.4, 0.5) is 0 Å². The van der Waals surface area contributed by atoms with E-state index in [4.69, 9.17) is 5.73 Å². The highest BCUT2D eigenvalue weighted by atomic mass is 15.0. The van der Waals surface area contributed by atoms with Crippen molar-refractivity contribution in [1.29, 1.82) is 0 Å². The first-order chi connectivity index (χ1) is 5.64. The molecule has 1 aliphatic rings. The molecule has 0 aromatic heterocycles. The van der Waals surface area contributed by atoms with Gasteiger partial charge in [0.15, 0.2) is 0 Å². The van der Waals surface area contributed by atoms with Crippen molar-refractivity contribution in [2.24, 2.45) is 17.6 Å². The van der Waals surface area contributed by atoms with Crippen LogP contribution in [0.3, 0.4) is 0 Å². The van der Waals surface area contributed by atoms with Crippen LogP contribution in [0.15, 0.2) is 0 Å². The van der Waals surface area contributed by atoms with Gasteiger partial charge in [0.2, 0.25) is 0 Å². The number of rotatable bonds is 2. The minimum Gasteiger partial charge on any atom is -0.329 e. The number of hydrogen-bond donors (Lipinski definition) is 2. The Bertz CT molecular complexity index is 141.